The molecule has 0 spiro atoms. The van der Waals surface area contributed by atoms with Gasteiger partial charge >= 0.3 is 5.97 Å². The van der Waals surface area contributed by atoms with Gasteiger partial charge in [-0.3, -0.25) is 4.79 Å². The normalized spacial score (nSPS) is 13.0. The smallest absolute Gasteiger partial charge is 0.313 e. The average Bonchev–Trinajstić information content (AvgIpc) is 2.53. The number of aliphatic carboxylic acids is 1. The van der Waals surface area contributed by atoms with Gasteiger partial charge in [-0.2, -0.15) is 0 Å². The van der Waals surface area contributed by atoms with Gasteiger partial charge in [-0.05, 0) is 47.3 Å². The molecule has 7 heteroatoms. The molecule has 2 rings (SSSR count). The third-order valence-electron chi connectivity index (χ3n) is 3.48. The maximum Gasteiger partial charge on any atom is 0.313 e. The van der Waals surface area contributed by atoms with E-state index in [4.69, 9.17) is 17.1 Å². The zero-order valence-corrected chi connectivity index (χ0v) is 12.7. The summed E-state index contributed by atoms with van der Waals surface area (Å²) < 4.78 is 13.0. The maximum absolute atomic E-state index is 13.0. The molecule has 1 N–H and O–H groups in total. The van der Waals surface area contributed by atoms with E-state index in [1.165, 1.54) is 12.1 Å². The first-order valence-electron chi connectivity index (χ1n) is 6.78. The van der Waals surface area contributed by atoms with E-state index in [0.29, 0.717) is 10.6 Å². The Morgan fingerprint density at radius 3 is 2.35 bits per heavy atom. The largest absolute Gasteiger partial charge is 0.481 e. The number of nitrogens with zero attached hydrogens (tertiary/aromatic N) is 3. The van der Waals surface area contributed by atoms with E-state index in [1.54, 1.807) is 36.4 Å². The van der Waals surface area contributed by atoms with Crippen LogP contribution in [0.1, 0.15) is 17.0 Å². The molecule has 0 bridgehead atoms. The minimum atomic E-state index is -1.27. The van der Waals surface area contributed by atoms with Crippen molar-refractivity contribution in [2.45, 2.75) is 18.4 Å². The lowest BCUT2D eigenvalue weighted by atomic mass is 9.86. The quantitative estimate of drug-likeness (QED) is 0.477. The topological polar surface area (TPSA) is 86.1 Å². The van der Waals surface area contributed by atoms with Crippen LogP contribution in [0.15, 0.2) is 53.6 Å². The zero-order chi connectivity index (χ0) is 16.8. The van der Waals surface area contributed by atoms with Gasteiger partial charge in [0.15, 0.2) is 0 Å². The molecule has 5 nitrogen and oxygen atoms in total. The van der Waals surface area contributed by atoms with E-state index in [2.05, 4.69) is 10.0 Å². The Hall–Kier alpha value is -2.56. The predicted molar refractivity (Wildman–Crippen MR) is 84.9 cm³/mol. The third-order valence-corrected chi connectivity index (χ3v) is 3.73. The summed E-state index contributed by atoms with van der Waals surface area (Å²) in [7, 11) is 0. The van der Waals surface area contributed by atoms with Crippen LogP contribution in [0.3, 0.4) is 0 Å². The zero-order valence-electron chi connectivity index (χ0n) is 11.9. The average molecular weight is 334 g/mol. The summed E-state index contributed by atoms with van der Waals surface area (Å²) in [6.07, 6.45) is 0.290. The highest BCUT2D eigenvalue weighted by Crippen LogP contribution is 2.28. The van der Waals surface area contributed by atoms with Crippen LogP contribution in [0.2, 0.25) is 5.02 Å². The van der Waals surface area contributed by atoms with Crippen molar-refractivity contribution in [3.8, 4) is 0 Å². The number of carbonyl (C=O) groups is 1. The molecule has 0 saturated heterocycles. The molecule has 0 fully saturated rings. The van der Waals surface area contributed by atoms with Crippen molar-refractivity contribution in [2.75, 3.05) is 0 Å². The molecule has 0 aliphatic carbocycles. The molecule has 0 radical (unpaired) electrons. The highest BCUT2D eigenvalue weighted by Gasteiger charge is 2.28. The number of halogens is 2. The number of hydrogen-bond donors (Lipinski definition) is 1. The van der Waals surface area contributed by atoms with Crippen molar-refractivity contribution in [1.82, 2.24) is 0 Å². The number of rotatable bonds is 6. The fourth-order valence-corrected chi connectivity index (χ4v) is 2.48. The van der Waals surface area contributed by atoms with Gasteiger partial charge < -0.3 is 5.11 Å². The number of carboxylic acid groups (broad SMARTS) is 1. The SMILES string of the molecule is [N-]=[N+]=NC(C(=O)O)[C@@H](Cc1ccc(F)cc1)c1ccc(Cl)cc1. The lowest BCUT2D eigenvalue weighted by Crippen LogP contribution is -2.27. The molecule has 0 heterocycles. The van der Waals surface area contributed by atoms with Gasteiger partial charge in [0.2, 0.25) is 0 Å². The summed E-state index contributed by atoms with van der Waals surface area (Å²) in [6, 6.07) is 11.2. The Balaban J connectivity index is 2.40. The summed E-state index contributed by atoms with van der Waals surface area (Å²) in [5, 5.41) is 13.3. The monoisotopic (exact) mass is 333 g/mol. The lowest BCUT2D eigenvalue weighted by molar-refractivity contribution is -0.139. The van der Waals surface area contributed by atoms with E-state index < -0.39 is 17.9 Å². The summed E-state index contributed by atoms with van der Waals surface area (Å²) in [6.45, 7) is 0. The van der Waals surface area contributed by atoms with Crippen molar-refractivity contribution < 1.29 is 14.3 Å². The van der Waals surface area contributed by atoms with Crippen LogP contribution in [0, 0.1) is 5.82 Å². The molecule has 0 saturated carbocycles. The van der Waals surface area contributed by atoms with Crippen LogP contribution >= 0.6 is 11.6 Å². The van der Waals surface area contributed by atoms with E-state index in [0.717, 1.165) is 5.56 Å². The van der Waals surface area contributed by atoms with Gasteiger partial charge in [0.05, 0.1) is 0 Å². The van der Waals surface area contributed by atoms with E-state index in [1.807, 2.05) is 0 Å². The van der Waals surface area contributed by atoms with Gasteiger partial charge in [-0.15, -0.1) is 0 Å². The molecule has 1 unspecified atom stereocenters. The summed E-state index contributed by atoms with van der Waals surface area (Å²) >= 11 is 5.86. The Bertz CT molecular complexity index is 726. The van der Waals surface area contributed by atoms with Gasteiger partial charge in [0, 0.05) is 15.9 Å². The fourth-order valence-electron chi connectivity index (χ4n) is 2.35. The second-order valence-electron chi connectivity index (χ2n) is 4.98. The number of azide groups is 1. The highest BCUT2D eigenvalue weighted by atomic mass is 35.5. The first kappa shape index (κ1) is 16.8. The molecule has 118 valence electrons. The Morgan fingerprint density at radius 2 is 1.83 bits per heavy atom. The Labute approximate surface area is 137 Å². The third kappa shape index (κ3) is 4.45. The molecule has 0 amide bonds. The molecule has 0 aliphatic heterocycles. The number of benzene rings is 2. The molecule has 23 heavy (non-hydrogen) atoms. The van der Waals surface area contributed by atoms with Crippen molar-refractivity contribution in [3.05, 3.63) is 80.9 Å². The second kappa shape index (κ2) is 7.63. The molecular formula is C16H13ClFN3O2. The van der Waals surface area contributed by atoms with E-state index >= 15 is 0 Å². The second-order valence-corrected chi connectivity index (χ2v) is 5.41. The minimum Gasteiger partial charge on any atom is -0.481 e. The number of hydrogen-bond acceptors (Lipinski definition) is 2. The predicted octanol–water partition coefficient (Wildman–Crippen LogP) is 4.57. The van der Waals surface area contributed by atoms with Crippen molar-refractivity contribution in [3.63, 3.8) is 0 Å². The maximum atomic E-state index is 13.0. The summed E-state index contributed by atoms with van der Waals surface area (Å²) in [4.78, 5) is 14.1. The fraction of sp³-hybridized carbons (Fsp3) is 0.188. The molecular weight excluding hydrogens is 321 g/mol. The molecule has 2 aromatic carbocycles. The lowest BCUT2D eigenvalue weighted by Gasteiger charge is -2.21. The van der Waals surface area contributed by atoms with E-state index in [-0.39, 0.29) is 12.2 Å². The van der Waals surface area contributed by atoms with Crippen LogP contribution in [-0.2, 0) is 11.2 Å². The van der Waals surface area contributed by atoms with Crippen LogP contribution < -0.4 is 0 Å². The molecule has 2 aromatic rings. The Morgan fingerprint density at radius 1 is 1.22 bits per heavy atom. The molecule has 0 aliphatic rings. The van der Waals surface area contributed by atoms with Crippen LogP contribution in [0.5, 0.6) is 0 Å². The van der Waals surface area contributed by atoms with Crippen molar-refractivity contribution >= 4 is 17.6 Å². The molecule has 2 atom stereocenters. The first-order chi connectivity index (χ1) is 11.0. The van der Waals surface area contributed by atoms with Crippen LogP contribution in [0.25, 0.3) is 10.4 Å². The summed E-state index contributed by atoms with van der Waals surface area (Å²) in [5.74, 6) is -2.18. The number of carboxylic acids is 1. The highest BCUT2D eigenvalue weighted by molar-refractivity contribution is 6.30. The van der Waals surface area contributed by atoms with Crippen molar-refractivity contribution in [2.24, 2.45) is 5.11 Å². The van der Waals surface area contributed by atoms with E-state index in [9.17, 15) is 14.3 Å². The van der Waals surface area contributed by atoms with Crippen LogP contribution in [0.4, 0.5) is 4.39 Å². The van der Waals surface area contributed by atoms with Gasteiger partial charge in [0.25, 0.3) is 0 Å². The minimum absolute atomic E-state index is 0.290. The van der Waals surface area contributed by atoms with Gasteiger partial charge in [-0.1, -0.05) is 41.0 Å². The Kier molecular flexibility index (Phi) is 5.57. The van der Waals surface area contributed by atoms with Crippen LogP contribution in [-0.4, -0.2) is 17.1 Å². The molecule has 0 aromatic heterocycles. The van der Waals surface area contributed by atoms with Crippen molar-refractivity contribution in [1.29, 1.82) is 0 Å². The first-order valence-corrected chi connectivity index (χ1v) is 7.16. The van der Waals surface area contributed by atoms with Gasteiger partial charge in [0.1, 0.15) is 11.9 Å². The van der Waals surface area contributed by atoms with Gasteiger partial charge in [-0.25, -0.2) is 4.39 Å². The standard InChI is InChI=1S/C16H13ClFN3O2/c17-12-5-3-11(4-6-12)14(15(16(22)23)20-21-19)9-10-1-7-13(18)8-2-10/h1-8,14-15H,9H2,(H,22,23)/t14-,15?/m0/s1. The summed E-state index contributed by atoms with van der Waals surface area (Å²) in [5.41, 5.74) is 10.1.